The lowest BCUT2D eigenvalue weighted by Crippen LogP contribution is -2.39. The highest BCUT2D eigenvalue weighted by Gasteiger charge is 2.25. The largest absolute Gasteiger partial charge is 0.332 e. The number of amides is 1. The minimum Gasteiger partial charge on any atom is -0.332 e. The van der Waals surface area contributed by atoms with E-state index in [1.165, 1.54) is 12.8 Å². The molecule has 2 aromatic carbocycles. The van der Waals surface area contributed by atoms with Gasteiger partial charge in [0.25, 0.3) is 5.91 Å². The van der Waals surface area contributed by atoms with E-state index in [4.69, 9.17) is 0 Å². The Labute approximate surface area is 125 Å². The fourth-order valence-electron chi connectivity index (χ4n) is 2.82. The van der Waals surface area contributed by atoms with Gasteiger partial charge in [0.15, 0.2) is 0 Å². The van der Waals surface area contributed by atoms with E-state index in [0.717, 1.165) is 18.7 Å². The molecule has 1 fully saturated rings. The minimum atomic E-state index is -0.0404. The van der Waals surface area contributed by atoms with Gasteiger partial charge in [-0.1, -0.05) is 48.5 Å². The predicted octanol–water partition coefficient (Wildman–Crippen LogP) is 3.21. The van der Waals surface area contributed by atoms with Crippen molar-refractivity contribution in [2.45, 2.75) is 19.0 Å². The van der Waals surface area contributed by atoms with Gasteiger partial charge in [0.1, 0.15) is 6.17 Å². The van der Waals surface area contributed by atoms with Crippen LogP contribution in [0.2, 0.25) is 0 Å². The van der Waals surface area contributed by atoms with E-state index < -0.39 is 0 Å². The molecule has 1 unspecified atom stereocenters. The van der Waals surface area contributed by atoms with E-state index in [1.807, 2.05) is 48.5 Å². The monoisotopic (exact) mass is 280 g/mol. The van der Waals surface area contributed by atoms with Crippen LogP contribution in [0.5, 0.6) is 0 Å². The van der Waals surface area contributed by atoms with Crippen molar-refractivity contribution in [2.24, 2.45) is 0 Å². The highest BCUT2D eigenvalue weighted by molar-refractivity contribution is 5.94. The van der Waals surface area contributed by atoms with E-state index >= 15 is 0 Å². The Kier molecular flexibility index (Phi) is 4.31. The minimum absolute atomic E-state index is 0.0173. The van der Waals surface area contributed by atoms with E-state index in [9.17, 15) is 4.79 Å². The molecule has 0 bridgehead atoms. The van der Waals surface area contributed by atoms with Crippen molar-refractivity contribution >= 4 is 5.91 Å². The van der Waals surface area contributed by atoms with Crippen LogP contribution in [0.1, 0.15) is 34.9 Å². The van der Waals surface area contributed by atoms with Crippen LogP contribution in [0.3, 0.4) is 0 Å². The van der Waals surface area contributed by atoms with Crippen LogP contribution < -0.4 is 5.32 Å². The second-order valence-corrected chi connectivity index (χ2v) is 5.40. The number of rotatable bonds is 4. The Bertz CT molecular complexity index is 577. The van der Waals surface area contributed by atoms with Gasteiger partial charge in [0.2, 0.25) is 0 Å². The quantitative estimate of drug-likeness (QED) is 0.932. The molecule has 3 heteroatoms. The SMILES string of the molecule is O=C(NC(c1ccccc1)N1CCCC1)c1ccccc1. The number of benzene rings is 2. The Morgan fingerprint density at radius 3 is 2.10 bits per heavy atom. The third-order valence-corrected chi connectivity index (χ3v) is 3.92. The van der Waals surface area contributed by atoms with Crippen molar-refractivity contribution in [2.75, 3.05) is 13.1 Å². The van der Waals surface area contributed by atoms with Crippen LogP contribution in [-0.4, -0.2) is 23.9 Å². The molecular formula is C18H20N2O. The molecular weight excluding hydrogens is 260 g/mol. The summed E-state index contributed by atoms with van der Waals surface area (Å²) in [6.07, 6.45) is 2.36. The molecule has 0 saturated carbocycles. The molecule has 1 aliphatic heterocycles. The number of likely N-dealkylation sites (tertiary alicyclic amines) is 1. The fraction of sp³-hybridized carbons (Fsp3) is 0.278. The molecule has 0 spiro atoms. The summed E-state index contributed by atoms with van der Waals surface area (Å²) in [5, 5.41) is 3.18. The summed E-state index contributed by atoms with van der Waals surface area (Å²) in [6, 6.07) is 19.6. The number of nitrogens with one attached hydrogen (secondary N) is 1. The highest BCUT2D eigenvalue weighted by Crippen LogP contribution is 2.23. The zero-order chi connectivity index (χ0) is 14.5. The number of hydrogen-bond acceptors (Lipinski definition) is 2. The maximum absolute atomic E-state index is 12.4. The maximum Gasteiger partial charge on any atom is 0.252 e. The van der Waals surface area contributed by atoms with Gasteiger partial charge < -0.3 is 5.32 Å². The molecule has 3 rings (SSSR count). The molecule has 21 heavy (non-hydrogen) atoms. The summed E-state index contributed by atoms with van der Waals surface area (Å²) in [6.45, 7) is 2.07. The molecule has 0 aromatic heterocycles. The average molecular weight is 280 g/mol. The third kappa shape index (κ3) is 3.31. The highest BCUT2D eigenvalue weighted by atomic mass is 16.1. The summed E-state index contributed by atoms with van der Waals surface area (Å²) >= 11 is 0. The van der Waals surface area contributed by atoms with Gasteiger partial charge in [-0.05, 0) is 30.5 Å². The average Bonchev–Trinajstić information content (AvgIpc) is 3.08. The lowest BCUT2D eigenvalue weighted by atomic mass is 10.1. The van der Waals surface area contributed by atoms with Crippen molar-refractivity contribution in [3.8, 4) is 0 Å². The Hall–Kier alpha value is -2.13. The van der Waals surface area contributed by atoms with E-state index in [1.54, 1.807) is 0 Å². The van der Waals surface area contributed by atoms with E-state index in [0.29, 0.717) is 5.56 Å². The van der Waals surface area contributed by atoms with Crippen LogP contribution in [-0.2, 0) is 0 Å². The first-order valence-corrected chi connectivity index (χ1v) is 7.49. The van der Waals surface area contributed by atoms with Crippen molar-refractivity contribution in [3.63, 3.8) is 0 Å². The number of carbonyl (C=O) groups excluding carboxylic acids is 1. The van der Waals surface area contributed by atoms with E-state index in [2.05, 4.69) is 22.3 Å². The van der Waals surface area contributed by atoms with Crippen molar-refractivity contribution in [1.29, 1.82) is 0 Å². The first kappa shape index (κ1) is 13.8. The molecule has 1 aliphatic rings. The van der Waals surface area contributed by atoms with Gasteiger partial charge in [0, 0.05) is 18.7 Å². The lowest BCUT2D eigenvalue weighted by Gasteiger charge is -2.28. The molecule has 1 atom stereocenters. The molecule has 3 nitrogen and oxygen atoms in total. The molecule has 1 saturated heterocycles. The topological polar surface area (TPSA) is 32.3 Å². The molecule has 108 valence electrons. The smallest absolute Gasteiger partial charge is 0.252 e. The predicted molar refractivity (Wildman–Crippen MR) is 83.9 cm³/mol. The summed E-state index contributed by atoms with van der Waals surface area (Å²) < 4.78 is 0. The van der Waals surface area contributed by atoms with Gasteiger partial charge in [-0.15, -0.1) is 0 Å². The molecule has 0 aliphatic carbocycles. The number of nitrogens with zero attached hydrogens (tertiary/aromatic N) is 1. The number of hydrogen-bond donors (Lipinski definition) is 1. The fourth-order valence-corrected chi connectivity index (χ4v) is 2.82. The summed E-state index contributed by atoms with van der Waals surface area (Å²) in [4.78, 5) is 14.8. The normalized spacial score (nSPS) is 16.6. The Morgan fingerprint density at radius 1 is 0.905 bits per heavy atom. The third-order valence-electron chi connectivity index (χ3n) is 3.92. The Morgan fingerprint density at radius 2 is 1.48 bits per heavy atom. The first-order chi connectivity index (χ1) is 10.3. The van der Waals surface area contributed by atoms with Gasteiger partial charge >= 0.3 is 0 Å². The van der Waals surface area contributed by atoms with Crippen molar-refractivity contribution in [1.82, 2.24) is 10.2 Å². The Balaban J connectivity index is 1.81. The second kappa shape index (κ2) is 6.55. The number of carbonyl (C=O) groups is 1. The van der Waals surface area contributed by atoms with Crippen LogP contribution in [0.15, 0.2) is 60.7 Å². The van der Waals surface area contributed by atoms with Gasteiger partial charge in [-0.3, -0.25) is 9.69 Å². The zero-order valence-corrected chi connectivity index (χ0v) is 12.0. The molecule has 1 amide bonds. The summed E-state index contributed by atoms with van der Waals surface area (Å²) in [5.41, 5.74) is 1.85. The maximum atomic E-state index is 12.4. The summed E-state index contributed by atoms with van der Waals surface area (Å²) in [7, 11) is 0. The molecule has 2 aromatic rings. The van der Waals surface area contributed by atoms with Gasteiger partial charge in [0.05, 0.1) is 0 Å². The van der Waals surface area contributed by atoms with E-state index in [-0.39, 0.29) is 12.1 Å². The van der Waals surface area contributed by atoms with Crippen LogP contribution in [0, 0.1) is 0 Å². The van der Waals surface area contributed by atoms with Crippen LogP contribution >= 0.6 is 0 Å². The lowest BCUT2D eigenvalue weighted by molar-refractivity contribution is 0.0871. The first-order valence-electron chi connectivity index (χ1n) is 7.49. The molecule has 0 radical (unpaired) electrons. The van der Waals surface area contributed by atoms with Gasteiger partial charge in [-0.25, -0.2) is 0 Å². The summed E-state index contributed by atoms with van der Waals surface area (Å²) in [5.74, 6) is -0.0173. The van der Waals surface area contributed by atoms with Crippen LogP contribution in [0.25, 0.3) is 0 Å². The zero-order valence-electron chi connectivity index (χ0n) is 12.0. The molecule has 1 heterocycles. The van der Waals surface area contributed by atoms with Crippen molar-refractivity contribution in [3.05, 3.63) is 71.8 Å². The second-order valence-electron chi connectivity index (χ2n) is 5.40. The van der Waals surface area contributed by atoms with Crippen LogP contribution in [0.4, 0.5) is 0 Å². The standard InChI is InChI=1S/C18H20N2O/c21-18(16-11-5-2-6-12-16)19-17(20-13-7-8-14-20)15-9-3-1-4-10-15/h1-6,9-12,17H,7-8,13-14H2,(H,19,21). The molecule has 1 N–H and O–H groups in total. The van der Waals surface area contributed by atoms with Gasteiger partial charge in [-0.2, -0.15) is 0 Å². The van der Waals surface area contributed by atoms with Crippen molar-refractivity contribution < 1.29 is 4.79 Å².